The molecule has 1 heterocycles. The van der Waals surface area contributed by atoms with E-state index in [0.29, 0.717) is 6.54 Å². The fraction of sp³-hybridized carbons (Fsp3) is 0.0370. The summed E-state index contributed by atoms with van der Waals surface area (Å²) in [6.45, 7) is 0.553. The maximum Gasteiger partial charge on any atom is 0.346 e. The first-order chi connectivity index (χ1) is 16.7. The van der Waals surface area contributed by atoms with Crippen LogP contribution in [0.5, 0.6) is 0 Å². The van der Waals surface area contributed by atoms with Crippen molar-refractivity contribution in [3.63, 3.8) is 0 Å². The number of rotatable bonds is 7. The van der Waals surface area contributed by atoms with Gasteiger partial charge in [-0.2, -0.15) is 3.96 Å². The van der Waals surface area contributed by atoms with E-state index in [0.717, 1.165) is 33.5 Å². The van der Waals surface area contributed by atoms with Crippen molar-refractivity contribution < 1.29 is 8.88 Å². The highest BCUT2D eigenvalue weighted by molar-refractivity contribution is 7.06. The average Bonchev–Trinajstić information content (AvgIpc) is 3.29. The zero-order valence-corrected chi connectivity index (χ0v) is 19.0. The number of para-hydroxylation sites is 2. The third-order valence-corrected chi connectivity index (χ3v) is 6.31. The Balaban J connectivity index is 1.61. The Morgan fingerprint density at radius 2 is 1.29 bits per heavy atom. The quantitative estimate of drug-likeness (QED) is 0.156. The maximum atomic E-state index is 11.0. The lowest BCUT2D eigenvalue weighted by Gasteiger charge is -2.18. The molecule has 0 spiro atoms. The summed E-state index contributed by atoms with van der Waals surface area (Å²) in [7, 11) is 0. The first kappa shape index (κ1) is 21.5. The molecule has 166 valence electrons. The fourth-order valence-electron chi connectivity index (χ4n) is 3.72. The molecule has 0 saturated heterocycles. The highest BCUT2D eigenvalue weighted by Gasteiger charge is 2.28. The molecule has 34 heavy (non-hydrogen) atoms. The van der Waals surface area contributed by atoms with Crippen LogP contribution in [0.2, 0.25) is 0 Å². The van der Waals surface area contributed by atoms with E-state index < -0.39 is 0 Å². The summed E-state index contributed by atoms with van der Waals surface area (Å²) in [6.07, 6.45) is 0. The second-order valence-electron chi connectivity index (χ2n) is 7.64. The summed E-state index contributed by atoms with van der Waals surface area (Å²) < 4.78 is 2.13. The number of hydrogen-bond acceptors (Lipinski definition) is 5. The molecule has 0 unspecified atom stereocenters. The first-order valence-corrected chi connectivity index (χ1v) is 11.6. The summed E-state index contributed by atoms with van der Waals surface area (Å²) in [5, 5.41) is 11.9. The number of aromatic nitrogens is 2. The lowest BCUT2D eigenvalue weighted by Crippen LogP contribution is -2.32. The van der Waals surface area contributed by atoms with Crippen molar-refractivity contribution >= 4 is 33.7 Å². The maximum absolute atomic E-state index is 11.0. The van der Waals surface area contributed by atoms with Gasteiger partial charge >= 0.3 is 11.0 Å². The van der Waals surface area contributed by atoms with Crippen molar-refractivity contribution in [1.82, 2.24) is 4.98 Å². The van der Waals surface area contributed by atoms with Gasteiger partial charge in [-0.1, -0.05) is 54.6 Å². The molecule has 0 aliphatic carbocycles. The minimum atomic E-state index is -0.380. The Labute approximate surface area is 201 Å². The Morgan fingerprint density at radius 1 is 0.765 bits per heavy atom. The molecule has 4 aromatic carbocycles. The zero-order valence-electron chi connectivity index (χ0n) is 18.2. The molecule has 7 heteroatoms. The third-order valence-electron chi connectivity index (χ3n) is 5.36. The van der Waals surface area contributed by atoms with Crippen LogP contribution in [0.25, 0.3) is 11.4 Å². The summed E-state index contributed by atoms with van der Waals surface area (Å²) >= 11 is 1.56. The molecule has 0 N–H and O–H groups in total. The van der Waals surface area contributed by atoms with Gasteiger partial charge in [-0.25, -0.2) is 0 Å². The van der Waals surface area contributed by atoms with Crippen molar-refractivity contribution in [3.05, 3.63) is 131 Å². The smallest absolute Gasteiger partial charge is 0.263 e. The normalized spacial score (nSPS) is 10.7. The van der Waals surface area contributed by atoms with E-state index in [1.165, 1.54) is 0 Å². The molecule has 6 nitrogen and oxygen atoms in total. The van der Waals surface area contributed by atoms with Gasteiger partial charge in [-0.05, 0) is 59.1 Å². The Kier molecular flexibility index (Phi) is 6.09. The molecule has 5 aromatic rings. The molecule has 0 bridgehead atoms. The zero-order chi connectivity index (χ0) is 23.3. The minimum absolute atomic E-state index is 0.0846. The van der Waals surface area contributed by atoms with Crippen LogP contribution >= 0.6 is 11.5 Å². The second-order valence-corrected chi connectivity index (χ2v) is 8.63. The topological polar surface area (TPSA) is 63.2 Å². The van der Waals surface area contributed by atoms with Crippen LogP contribution in [0.1, 0.15) is 5.56 Å². The van der Waals surface area contributed by atoms with E-state index in [4.69, 9.17) is 4.98 Å². The number of benzene rings is 4. The number of nitro groups is 1. The van der Waals surface area contributed by atoms with Crippen LogP contribution in [-0.4, -0.2) is 9.91 Å². The Morgan fingerprint density at radius 3 is 1.82 bits per heavy atom. The third kappa shape index (κ3) is 4.55. The summed E-state index contributed by atoms with van der Waals surface area (Å²) in [5.74, 6) is 0.843. The molecule has 0 aliphatic rings. The van der Waals surface area contributed by atoms with Gasteiger partial charge in [0.15, 0.2) is 0 Å². The molecule has 0 amide bonds. The van der Waals surface area contributed by atoms with Crippen molar-refractivity contribution in [1.29, 1.82) is 0 Å². The van der Waals surface area contributed by atoms with Crippen LogP contribution in [0, 0.1) is 10.1 Å². The monoisotopic (exact) mass is 465 g/mol. The molecule has 0 fully saturated rings. The predicted molar refractivity (Wildman–Crippen MR) is 135 cm³/mol. The van der Waals surface area contributed by atoms with Gasteiger partial charge in [-0.15, -0.1) is 0 Å². The van der Waals surface area contributed by atoms with Crippen LogP contribution in [0.15, 0.2) is 115 Å². The molecule has 0 radical (unpaired) electrons. The van der Waals surface area contributed by atoms with Crippen molar-refractivity contribution in [2.24, 2.45) is 0 Å². The van der Waals surface area contributed by atoms with Crippen molar-refractivity contribution in [3.8, 4) is 11.4 Å². The largest absolute Gasteiger partial charge is 0.346 e. The number of anilines is 3. The first-order valence-electron chi connectivity index (χ1n) is 10.8. The molecule has 0 aliphatic heterocycles. The average molecular weight is 466 g/mol. The van der Waals surface area contributed by atoms with E-state index in [1.54, 1.807) is 35.8 Å². The van der Waals surface area contributed by atoms with Gasteiger partial charge in [-0.3, -0.25) is 15.0 Å². The molecule has 0 saturated carbocycles. The number of nitro benzene ring substituents is 1. The van der Waals surface area contributed by atoms with Gasteiger partial charge in [0.1, 0.15) is 18.1 Å². The van der Waals surface area contributed by atoms with E-state index in [-0.39, 0.29) is 10.6 Å². The molecule has 0 atom stereocenters. The van der Waals surface area contributed by atoms with E-state index in [2.05, 4.69) is 33.1 Å². The van der Waals surface area contributed by atoms with Crippen LogP contribution in [0.4, 0.5) is 22.2 Å². The lowest BCUT2D eigenvalue weighted by molar-refractivity contribution is -0.610. The van der Waals surface area contributed by atoms with Gasteiger partial charge in [0.25, 0.3) is 5.69 Å². The van der Waals surface area contributed by atoms with Crippen LogP contribution in [-0.2, 0) is 6.54 Å². The summed E-state index contributed by atoms with van der Waals surface area (Å²) in [4.78, 5) is 17.9. The lowest BCUT2D eigenvalue weighted by atomic mass is 10.2. The fourth-order valence-corrected chi connectivity index (χ4v) is 4.78. The summed E-state index contributed by atoms with van der Waals surface area (Å²) in [6, 6.07) is 37.1. The molecular weight excluding hydrogens is 444 g/mol. The standard InChI is InChI=1S/C27H21N4O2S/c32-31(33)25-18-16-21(17-19-25)20-29-26(22-10-4-1-5-11-22)28-27(34-29)30(23-12-6-2-7-13-23)24-14-8-3-9-15-24/h1-19H,20H2/q+1. The van der Waals surface area contributed by atoms with Crippen LogP contribution < -0.4 is 8.86 Å². The van der Waals surface area contributed by atoms with Crippen molar-refractivity contribution in [2.45, 2.75) is 6.54 Å². The van der Waals surface area contributed by atoms with E-state index in [9.17, 15) is 10.1 Å². The van der Waals surface area contributed by atoms with Gasteiger partial charge in [0.2, 0.25) is 0 Å². The number of nitrogens with zero attached hydrogens (tertiary/aromatic N) is 4. The Bertz CT molecular complexity index is 1350. The van der Waals surface area contributed by atoms with Gasteiger partial charge < -0.3 is 0 Å². The van der Waals surface area contributed by atoms with E-state index in [1.807, 2.05) is 66.7 Å². The SMILES string of the molecule is O=[N+]([O-])c1ccc(C[n+]2sc(N(c3ccccc3)c3ccccc3)nc2-c2ccccc2)cc1. The van der Waals surface area contributed by atoms with Gasteiger partial charge in [0.05, 0.1) is 21.9 Å². The molecule has 5 rings (SSSR count). The van der Waals surface area contributed by atoms with Crippen LogP contribution in [0.3, 0.4) is 0 Å². The minimum Gasteiger partial charge on any atom is -0.263 e. The number of non-ortho nitro benzene ring substituents is 1. The molecular formula is C27H21N4O2S+. The predicted octanol–water partition coefficient (Wildman–Crippen LogP) is 6.52. The second kappa shape index (κ2) is 9.64. The molecule has 1 aromatic heterocycles. The number of hydrogen-bond donors (Lipinski definition) is 0. The van der Waals surface area contributed by atoms with E-state index >= 15 is 0 Å². The highest BCUT2D eigenvalue weighted by Crippen LogP contribution is 2.36. The highest BCUT2D eigenvalue weighted by atomic mass is 32.1. The van der Waals surface area contributed by atoms with Crippen molar-refractivity contribution in [2.75, 3.05) is 4.90 Å². The Hall–Kier alpha value is -4.36. The summed E-state index contributed by atoms with van der Waals surface area (Å²) in [5.41, 5.74) is 4.09. The van der Waals surface area contributed by atoms with Gasteiger partial charge in [0, 0.05) is 12.1 Å².